The molecule has 158 valence electrons. The van der Waals surface area contributed by atoms with Crippen LogP contribution < -0.4 is 10.2 Å². The summed E-state index contributed by atoms with van der Waals surface area (Å²) in [6.07, 6.45) is 8.64. The van der Waals surface area contributed by atoms with Gasteiger partial charge in [0.05, 0.1) is 0 Å². The van der Waals surface area contributed by atoms with Crippen molar-refractivity contribution in [3.8, 4) is 0 Å². The molecular weight excluding hydrogens is 374 g/mol. The van der Waals surface area contributed by atoms with Crippen LogP contribution >= 0.6 is 0 Å². The number of nitrogens with one attached hydrogen (secondary N) is 1. The van der Waals surface area contributed by atoms with Gasteiger partial charge >= 0.3 is 0 Å². The fraction of sp³-hybridized carbons (Fsp3) is 0.360. The average molecular weight is 406 g/mol. The van der Waals surface area contributed by atoms with Crippen molar-refractivity contribution < 1.29 is 9.59 Å². The van der Waals surface area contributed by atoms with Crippen LogP contribution in [0.25, 0.3) is 6.08 Å². The van der Waals surface area contributed by atoms with E-state index in [-0.39, 0.29) is 11.8 Å². The van der Waals surface area contributed by atoms with Crippen LogP contribution in [-0.2, 0) is 11.3 Å². The van der Waals surface area contributed by atoms with Crippen molar-refractivity contribution in [3.05, 3.63) is 71.3 Å². The highest BCUT2D eigenvalue weighted by atomic mass is 16.2. The standard InChI is InChI=1S/C25H31N3O2/c1-26-25(30)22-12-7-21(8-13-22)19-27(2)24(29)16-11-20-9-14-23(15-10-20)28-17-5-3-4-6-18-28/h7-16H,3-6,17-19H2,1-2H3,(H,26,30)/b16-11+. The Morgan fingerprint density at radius 1 is 0.967 bits per heavy atom. The molecule has 0 aromatic heterocycles. The molecule has 1 N–H and O–H groups in total. The van der Waals surface area contributed by atoms with Gasteiger partial charge in [-0.2, -0.15) is 0 Å². The smallest absolute Gasteiger partial charge is 0.251 e. The van der Waals surface area contributed by atoms with E-state index in [1.54, 1.807) is 37.2 Å². The number of likely N-dealkylation sites (N-methyl/N-ethyl adjacent to an activating group) is 1. The van der Waals surface area contributed by atoms with Gasteiger partial charge in [0.2, 0.25) is 5.91 Å². The van der Waals surface area contributed by atoms with E-state index in [1.165, 1.54) is 31.4 Å². The SMILES string of the molecule is CNC(=O)c1ccc(CN(C)C(=O)/C=C/c2ccc(N3CCCCCC3)cc2)cc1. The van der Waals surface area contributed by atoms with E-state index in [0.717, 1.165) is 24.2 Å². The first kappa shape index (κ1) is 21.6. The molecule has 0 unspecified atom stereocenters. The van der Waals surface area contributed by atoms with Crippen molar-refractivity contribution in [2.24, 2.45) is 0 Å². The second kappa shape index (κ2) is 10.6. The van der Waals surface area contributed by atoms with E-state index < -0.39 is 0 Å². The van der Waals surface area contributed by atoms with E-state index in [1.807, 2.05) is 18.2 Å². The van der Waals surface area contributed by atoms with Crippen molar-refractivity contribution >= 4 is 23.6 Å². The number of carbonyl (C=O) groups is 2. The molecular formula is C25H31N3O2. The van der Waals surface area contributed by atoms with Crippen molar-refractivity contribution in [3.63, 3.8) is 0 Å². The minimum atomic E-state index is -0.115. The van der Waals surface area contributed by atoms with Gasteiger partial charge < -0.3 is 15.1 Å². The van der Waals surface area contributed by atoms with Gasteiger partial charge in [-0.05, 0) is 54.3 Å². The molecule has 1 fully saturated rings. The van der Waals surface area contributed by atoms with Crippen LogP contribution in [0.4, 0.5) is 5.69 Å². The fourth-order valence-corrected chi connectivity index (χ4v) is 3.68. The van der Waals surface area contributed by atoms with Crippen molar-refractivity contribution in [1.29, 1.82) is 0 Å². The fourth-order valence-electron chi connectivity index (χ4n) is 3.68. The predicted molar refractivity (Wildman–Crippen MR) is 122 cm³/mol. The van der Waals surface area contributed by atoms with Gasteiger partial charge in [0.1, 0.15) is 0 Å². The monoisotopic (exact) mass is 405 g/mol. The zero-order valence-electron chi connectivity index (χ0n) is 17.9. The van der Waals surface area contributed by atoms with Gasteiger partial charge in [0.25, 0.3) is 5.91 Å². The van der Waals surface area contributed by atoms with Crippen LogP contribution in [0.3, 0.4) is 0 Å². The van der Waals surface area contributed by atoms with Crippen LogP contribution in [0, 0.1) is 0 Å². The van der Waals surface area contributed by atoms with Crippen LogP contribution in [0.15, 0.2) is 54.6 Å². The lowest BCUT2D eigenvalue weighted by molar-refractivity contribution is -0.125. The summed E-state index contributed by atoms with van der Waals surface area (Å²) >= 11 is 0. The zero-order chi connectivity index (χ0) is 21.3. The molecule has 3 rings (SSSR count). The molecule has 0 radical (unpaired) electrons. The molecule has 2 aromatic rings. The topological polar surface area (TPSA) is 52.7 Å². The molecule has 2 amide bonds. The van der Waals surface area contributed by atoms with Gasteiger partial charge in [0.15, 0.2) is 0 Å². The summed E-state index contributed by atoms with van der Waals surface area (Å²) in [7, 11) is 3.39. The van der Waals surface area contributed by atoms with E-state index in [4.69, 9.17) is 0 Å². The Bertz CT molecular complexity index is 864. The van der Waals surface area contributed by atoms with E-state index in [2.05, 4.69) is 34.5 Å². The Kier molecular flexibility index (Phi) is 7.66. The van der Waals surface area contributed by atoms with Crippen molar-refractivity contribution in [2.45, 2.75) is 32.2 Å². The Labute approximate surface area is 179 Å². The molecule has 0 spiro atoms. The first-order chi connectivity index (χ1) is 14.6. The quantitative estimate of drug-likeness (QED) is 0.736. The maximum absolute atomic E-state index is 12.5. The van der Waals surface area contributed by atoms with Gasteiger partial charge in [-0.25, -0.2) is 0 Å². The number of benzene rings is 2. The van der Waals surface area contributed by atoms with Gasteiger partial charge in [-0.3, -0.25) is 9.59 Å². The highest BCUT2D eigenvalue weighted by molar-refractivity contribution is 5.94. The Morgan fingerprint density at radius 3 is 2.20 bits per heavy atom. The number of anilines is 1. The third-order valence-corrected chi connectivity index (χ3v) is 5.52. The lowest BCUT2D eigenvalue weighted by Crippen LogP contribution is -2.24. The largest absolute Gasteiger partial charge is 0.372 e. The highest BCUT2D eigenvalue weighted by Gasteiger charge is 2.10. The van der Waals surface area contributed by atoms with Crippen molar-refractivity contribution in [2.75, 3.05) is 32.1 Å². The third kappa shape index (κ3) is 5.96. The maximum atomic E-state index is 12.5. The molecule has 1 heterocycles. The van der Waals surface area contributed by atoms with E-state index in [0.29, 0.717) is 12.1 Å². The molecule has 0 atom stereocenters. The first-order valence-corrected chi connectivity index (χ1v) is 10.7. The first-order valence-electron chi connectivity index (χ1n) is 10.7. The summed E-state index contributed by atoms with van der Waals surface area (Å²) in [5, 5.41) is 2.60. The number of rotatable bonds is 6. The maximum Gasteiger partial charge on any atom is 0.251 e. The Morgan fingerprint density at radius 2 is 1.60 bits per heavy atom. The minimum absolute atomic E-state index is 0.0537. The van der Waals surface area contributed by atoms with E-state index >= 15 is 0 Å². The lowest BCUT2D eigenvalue weighted by atomic mass is 10.1. The molecule has 30 heavy (non-hydrogen) atoms. The van der Waals surface area contributed by atoms with Crippen LogP contribution in [0.5, 0.6) is 0 Å². The van der Waals surface area contributed by atoms with Gasteiger partial charge in [0, 0.05) is 51.1 Å². The summed E-state index contributed by atoms with van der Waals surface area (Å²) in [5.74, 6) is -0.169. The summed E-state index contributed by atoms with van der Waals surface area (Å²) in [6, 6.07) is 15.7. The Hall–Kier alpha value is -3.08. The van der Waals surface area contributed by atoms with E-state index in [9.17, 15) is 9.59 Å². The number of hydrogen-bond donors (Lipinski definition) is 1. The summed E-state index contributed by atoms with van der Waals surface area (Å²) in [4.78, 5) is 28.2. The van der Waals surface area contributed by atoms with Gasteiger partial charge in [-0.1, -0.05) is 37.1 Å². The molecule has 1 aliphatic heterocycles. The molecule has 1 saturated heterocycles. The van der Waals surface area contributed by atoms with Crippen LogP contribution in [-0.4, -0.2) is 43.9 Å². The summed E-state index contributed by atoms with van der Waals surface area (Å²) in [6.45, 7) is 2.75. The van der Waals surface area contributed by atoms with Gasteiger partial charge in [-0.15, -0.1) is 0 Å². The second-order valence-corrected chi connectivity index (χ2v) is 7.80. The molecule has 0 aliphatic carbocycles. The summed E-state index contributed by atoms with van der Waals surface area (Å²) < 4.78 is 0. The van der Waals surface area contributed by atoms with Crippen molar-refractivity contribution in [1.82, 2.24) is 10.2 Å². The number of carbonyl (C=O) groups excluding carboxylic acids is 2. The molecule has 1 aliphatic rings. The molecule has 2 aromatic carbocycles. The van der Waals surface area contributed by atoms with Crippen LogP contribution in [0.1, 0.15) is 47.2 Å². The molecule has 0 bridgehead atoms. The summed E-state index contributed by atoms with van der Waals surface area (Å²) in [5.41, 5.74) is 3.87. The number of amides is 2. The average Bonchev–Trinajstić information content (AvgIpc) is 3.07. The molecule has 0 saturated carbocycles. The number of hydrogen-bond acceptors (Lipinski definition) is 3. The lowest BCUT2D eigenvalue weighted by Gasteiger charge is -2.22. The number of nitrogens with zero attached hydrogens (tertiary/aromatic N) is 2. The Balaban J connectivity index is 1.54. The third-order valence-electron chi connectivity index (χ3n) is 5.52. The second-order valence-electron chi connectivity index (χ2n) is 7.80. The zero-order valence-corrected chi connectivity index (χ0v) is 17.9. The minimum Gasteiger partial charge on any atom is -0.372 e. The molecule has 5 nitrogen and oxygen atoms in total. The normalized spacial score (nSPS) is 14.4. The van der Waals surface area contributed by atoms with Crippen LogP contribution in [0.2, 0.25) is 0 Å². The highest BCUT2D eigenvalue weighted by Crippen LogP contribution is 2.20. The molecule has 5 heteroatoms. The predicted octanol–water partition coefficient (Wildman–Crippen LogP) is 4.10.